The van der Waals surface area contributed by atoms with Crippen molar-refractivity contribution in [2.45, 2.75) is 38.8 Å². The topological polar surface area (TPSA) is 121 Å². The largest absolute Gasteiger partial charge is 0.475 e. The summed E-state index contributed by atoms with van der Waals surface area (Å²) in [5, 5.41) is 8.64. The first kappa shape index (κ1) is 29.5. The van der Waals surface area contributed by atoms with Crippen molar-refractivity contribution in [1.29, 1.82) is 0 Å². The van der Waals surface area contributed by atoms with E-state index in [1.54, 1.807) is 66.6 Å². The summed E-state index contributed by atoms with van der Waals surface area (Å²) in [5.41, 5.74) is 1.97. The zero-order chi connectivity index (χ0) is 28.6. The molecule has 0 bridgehead atoms. The highest BCUT2D eigenvalue weighted by molar-refractivity contribution is 7.92. The monoisotopic (exact) mass is 572 g/mol. The number of carboxylic acid groups (broad SMARTS) is 1. The fourth-order valence-electron chi connectivity index (χ4n) is 3.77. The molecule has 2 aromatic carbocycles. The number of carboxylic acids is 1. The Kier molecular flexibility index (Phi) is 9.97. The zero-order valence-corrected chi connectivity index (χ0v) is 23.3. The van der Waals surface area contributed by atoms with Crippen molar-refractivity contribution in [3.05, 3.63) is 107 Å². The van der Waals surface area contributed by atoms with Gasteiger partial charge in [-0.3, -0.25) is 9.10 Å². The molecule has 206 valence electrons. The van der Waals surface area contributed by atoms with Gasteiger partial charge in [0.1, 0.15) is 5.76 Å². The van der Waals surface area contributed by atoms with E-state index in [9.17, 15) is 18.0 Å². The maximum Gasteiger partial charge on any atom is 0.371 e. The van der Waals surface area contributed by atoms with E-state index >= 15 is 0 Å². The van der Waals surface area contributed by atoms with Crippen molar-refractivity contribution in [3.8, 4) is 0 Å². The van der Waals surface area contributed by atoms with Crippen LogP contribution in [0, 0.1) is 6.92 Å². The van der Waals surface area contributed by atoms with Gasteiger partial charge in [-0.1, -0.05) is 23.7 Å². The molecule has 11 heteroatoms. The molecule has 0 saturated carbocycles. The van der Waals surface area contributed by atoms with Crippen LogP contribution in [-0.4, -0.2) is 36.8 Å². The van der Waals surface area contributed by atoms with Crippen LogP contribution >= 0.6 is 11.6 Å². The molecule has 4 aromatic rings. The van der Waals surface area contributed by atoms with E-state index in [-0.39, 0.29) is 36.2 Å². The minimum Gasteiger partial charge on any atom is -0.475 e. The number of sulfonamides is 1. The van der Waals surface area contributed by atoms with E-state index in [2.05, 4.69) is 4.42 Å². The van der Waals surface area contributed by atoms with Gasteiger partial charge in [0.05, 0.1) is 29.7 Å². The standard InChI is InChI=1S/C23H25ClN2O4S.C5H4O3/c1-4-26(31(28,29)22-9-5-7-17(2)13-22)23-11-10-20(24)14-19(23)15-25(18(3)27)16-21-8-6-12-30-21;6-5(7)4-2-1-3-8-4/h5-14H,4,15-16H2,1-3H3;1-3H,(H,6,7). The minimum atomic E-state index is -3.80. The van der Waals surface area contributed by atoms with Gasteiger partial charge in [0.2, 0.25) is 11.7 Å². The number of carbonyl (C=O) groups excluding carboxylic acids is 1. The number of carbonyl (C=O) groups is 2. The fourth-order valence-corrected chi connectivity index (χ4v) is 5.58. The first-order chi connectivity index (χ1) is 18.5. The van der Waals surface area contributed by atoms with Crippen molar-refractivity contribution in [1.82, 2.24) is 4.90 Å². The molecular formula is C28H29ClN2O7S. The number of amides is 1. The molecule has 0 aliphatic heterocycles. The van der Waals surface area contributed by atoms with Gasteiger partial charge in [-0.15, -0.1) is 0 Å². The average molecular weight is 573 g/mol. The van der Waals surface area contributed by atoms with Crippen LogP contribution in [0.1, 0.15) is 41.3 Å². The number of halogens is 1. The second-order valence-corrected chi connectivity index (χ2v) is 10.8. The third kappa shape index (κ3) is 7.75. The van der Waals surface area contributed by atoms with Gasteiger partial charge >= 0.3 is 5.97 Å². The second kappa shape index (κ2) is 13.2. The highest BCUT2D eigenvalue weighted by Crippen LogP contribution is 2.31. The molecule has 1 N–H and O–H groups in total. The first-order valence-electron chi connectivity index (χ1n) is 12.0. The number of aromatic carboxylic acids is 1. The molecule has 0 saturated heterocycles. The molecular weight excluding hydrogens is 544 g/mol. The van der Waals surface area contributed by atoms with Crippen LogP contribution in [0.4, 0.5) is 5.69 Å². The predicted molar refractivity (Wildman–Crippen MR) is 147 cm³/mol. The Balaban J connectivity index is 0.000000449. The summed E-state index contributed by atoms with van der Waals surface area (Å²) < 4.78 is 38.1. The van der Waals surface area contributed by atoms with Crippen LogP contribution in [0.2, 0.25) is 5.02 Å². The van der Waals surface area contributed by atoms with Crippen LogP contribution < -0.4 is 4.31 Å². The summed E-state index contributed by atoms with van der Waals surface area (Å²) >= 11 is 6.23. The van der Waals surface area contributed by atoms with E-state index in [0.29, 0.717) is 22.0 Å². The van der Waals surface area contributed by atoms with Gasteiger partial charge in [-0.25, -0.2) is 13.2 Å². The molecule has 39 heavy (non-hydrogen) atoms. The highest BCUT2D eigenvalue weighted by Gasteiger charge is 2.27. The zero-order valence-electron chi connectivity index (χ0n) is 21.7. The number of nitrogens with zero attached hydrogens (tertiary/aromatic N) is 2. The molecule has 4 rings (SSSR count). The Morgan fingerprint density at radius 1 is 0.949 bits per heavy atom. The maximum atomic E-state index is 13.4. The van der Waals surface area contributed by atoms with Gasteiger partial charge in [0.25, 0.3) is 10.0 Å². The summed E-state index contributed by atoms with van der Waals surface area (Å²) in [4.78, 5) is 24.1. The summed E-state index contributed by atoms with van der Waals surface area (Å²) in [5.74, 6) is -0.578. The maximum absolute atomic E-state index is 13.4. The third-order valence-corrected chi connectivity index (χ3v) is 7.76. The van der Waals surface area contributed by atoms with Crippen LogP contribution in [0.25, 0.3) is 0 Å². The summed E-state index contributed by atoms with van der Waals surface area (Å²) in [6.45, 7) is 5.77. The van der Waals surface area contributed by atoms with Gasteiger partial charge in [-0.2, -0.15) is 0 Å². The molecule has 0 atom stereocenters. The number of rotatable bonds is 9. The molecule has 1 amide bonds. The molecule has 2 aromatic heterocycles. The highest BCUT2D eigenvalue weighted by atomic mass is 35.5. The Morgan fingerprint density at radius 2 is 1.67 bits per heavy atom. The Morgan fingerprint density at radius 3 is 2.21 bits per heavy atom. The van der Waals surface area contributed by atoms with Gasteiger partial charge in [-0.05, 0) is 79.6 Å². The smallest absolute Gasteiger partial charge is 0.371 e. The number of furan rings is 2. The summed E-state index contributed by atoms with van der Waals surface area (Å²) in [7, 11) is -3.80. The van der Waals surface area contributed by atoms with Crippen LogP contribution in [0.5, 0.6) is 0 Å². The number of aryl methyl sites for hydroxylation is 1. The van der Waals surface area contributed by atoms with Gasteiger partial charge in [0, 0.05) is 25.0 Å². The number of anilines is 1. The van der Waals surface area contributed by atoms with E-state index in [4.69, 9.17) is 21.1 Å². The number of hydrogen-bond acceptors (Lipinski definition) is 6. The van der Waals surface area contributed by atoms with Crippen LogP contribution in [-0.2, 0) is 27.9 Å². The quantitative estimate of drug-likeness (QED) is 0.262. The first-order valence-corrected chi connectivity index (χ1v) is 13.8. The average Bonchev–Trinajstić information content (AvgIpc) is 3.60. The molecule has 0 unspecified atom stereocenters. The SMILES string of the molecule is CCN(c1ccc(Cl)cc1CN(Cc1ccco1)C(C)=O)S(=O)(=O)c1cccc(C)c1.O=C(O)c1ccco1. The fraction of sp³-hybridized carbons (Fsp3) is 0.214. The number of hydrogen-bond donors (Lipinski definition) is 1. The Hall–Kier alpha value is -4.02. The van der Waals surface area contributed by atoms with E-state index in [1.807, 2.05) is 13.0 Å². The molecule has 0 fully saturated rings. The molecule has 0 spiro atoms. The van der Waals surface area contributed by atoms with Crippen molar-refractivity contribution < 1.29 is 31.9 Å². The predicted octanol–water partition coefficient (Wildman–Crippen LogP) is 5.98. The van der Waals surface area contributed by atoms with E-state index < -0.39 is 16.0 Å². The summed E-state index contributed by atoms with van der Waals surface area (Å²) in [6, 6.07) is 18.3. The lowest BCUT2D eigenvalue weighted by atomic mass is 10.1. The Labute approximate surface area is 232 Å². The molecule has 2 heterocycles. The van der Waals surface area contributed by atoms with E-state index in [1.165, 1.54) is 29.6 Å². The molecule has 0 aliphatic carbocycles. The molecule has 9 nitrogen and oxygen atoms in total. The lowest BCUT2D eigenvalue weighted by molar-refractivity contribution is -0.130. The van der Waals surface area contributed by atoms with Crippen molar-refractivity contribution >= 4 is 39.2 Å². The molecule has 0 radical (unpaired) electrons. The lowest BCUT2D eigenvalue weighted by Crippen LogP contribution is -2.33. The molecule has 0 aliphatic rings. The van der Waals surface area contributed by atoms with Crippen LogP contribution in [0.3, 0.4) is 0 Å². The van der Waals surface area contributed by atoms with Gasteiger partial charge in [0.15, 0.2) is 0 Å². The minimum absolute atomic E-state index is 0.0231. The van der Waals surface area contributed by atoms with E-state index in [0.717, 1.165) is 5.56 Å². The van der Waals surface area contributed by atoms with Crippen molar-refractivity contribution in [2.24, 2.45) is 0 Å². The Bertz CT molecular complexity index is 1500. The lowest BCUT2D eigenvalue weighted by Gasteiger charge is -2.28. The third-order valence-electron chi connectivity index (χ3n) is 5.64. The number of benzene rings is 2. The van der Waals surface area contributed by atoms with Crippen LogP contribution in [0.15, 0.2) is 93.0 Å². The normalized spacial score (nSPS) is 10.9. The summed E-state index contributed by atoms with van der Waals surface area (Å²) in [6.07, 6.45) is 2.87. The van der Waals surface area contributed by atoms with Crippen molar-refractivity contribution in [2.75, 3.05) is 10.8 Å². The second-order valence-electron chi connectivity index (χ2n) is 8.50. The van der Waals surface area contributed by atoms with Gasteiger partial charge < -0.3 is 18.8 Å². The van der Waals surface area contributed by atoms with Crippen molar-refractivity contribution in [3.63, 3.8) is 0 Å².